The first-order valence-corrected chi connectivity index (χ1v) is 6.49. The van der Waals surface area contributed by atoms with Gasteiger partial charge in [0.15, 0.2) is 0 Å². The molecule has 1 saturated carbocycles. The van der Waals surface area contributed by atoms with E-state index < -0.39 is 0 Å². The van der Waals surface area contributed by atoms with Crippen molar-refractivity contribution in [2.24, 2.45) is 16.8 Å². The van der Waals surface area contributed by atoms with Gasteiger partial charge in [-0.1, -0.05) is 0 Å². The maximum atomic E-state index is 11.8. The third kappa shape index (κ3) is 2.66. The third-order valence-electron chi connectivity index (χ3n) is 3.67. The number of aliphatic imine (C=N–C) groups is 1. The highest BCUT2D eigenvalue weighted by Crippen LogP contribution is 2.27. The van der Waals surface area contributed by atoms with Crippen molar-refractivity contribution < 1.29 is 9.53 Å². The van der Waals surface area contributed by atoms with E-state index in [1.165, 1.54) is 12.8 Å². The molecule has 94 valence electrons. The van der Waals surface area contributed by atoms with Gasteiger partial charge in [-0.3, -0.25) is 9.79 Å². The van der Waals surface area contributed by atoms with Crippen LogP contribution >= 0.6 is 0 Å². The fourth-order valence-electron chi connectivity index (χ4n) is 2.41. The number of carbonyl (C=O) groups excluding carboxylic acids is 1. The Morgan fingerprint density at radius 3 is 3.12 bits per heavy atom. The van der Waals surface area contributed by atoms with Crippen molar-refractivity contribution >= 4 is 11.7 Å². The lowest BCUT2D eigenvalue weighted by Gasteiger charge is -2.32. The van der Waals surface area contributed by atoms with Crippen molar-refractivity contribution in [3.8, 4) is 0 Å². The zero-order valence-electron chi connectivity index (χ0n) is 9.95. The molecule has 0 bridgehead atoms. The Labute approximate surface area is 101 Å². The SMILES string of the molecule is O=C1NC(CNCC2CC2)=NC2CCOCC12. The zero-order valence-corrected chi connectivity index (χ0v) is 9.95. The minimum atomic E-state index is -0.0732. The molecule has 2 heterocycles. The topological polar surface area (TPSA) is 62.7 Å². The first kappa shape index (κ1) is 11.2. The largest absolute Gasteiger partial charge is 0.380 e. The van der Waals surface area contributed by atoms with Crippen molar-refractivity contribution in [1.82, 2.24) is 10.6 Å². The lowest BCUT2D eigenvalue weighted by atomic mass is 9.94. The Bertz CT molecular complexity index is 339. The van der Waals surface area contributed by atoms with Crippen LogP contribution in [-0.2, 0) is 9.53 Å². The third-order valence-corrected chi connectivity index (χ3v) is 3.67. The molecule has 0 radical (unpaired) electrons. The molecule has 5 heteroatoms. The summed E-state index contributed by atoms with van der Waals surface area (Å²) in [5.74, 6) is 1.66. The Morgan fingerprint density at radius 2 is 2.29 bits per heavy atom. The van der Waals surface area contributed by atoms with Gasteiger partial charge >= 0.3 is 0 Å². The van der Waals surface area contributed by atoms with Crippen molar-refractivity contribution in [2.75, 3.05) is 26.3 Å². The second-order valence-electron chi connectivity index (χ2n) is 5.18. The number of nitrogens with zero attached hydrogens (tertiary/aromatic N) is 1. The van der Waals surface area contributed by atoms with Gasteiger partial charge in [0.2, 0.25) is 5.91 Å². The number of amides is 1. The van der Waals surface area contributed by atoms with Crippen LogP contribution in [0, 0.1) is 11.8 Å². The predicted octanol–water partition coefficient (Wildman–Crippen LogP) is -0.0806. The molecule has 1 aliphatic carbocycles. The predicted molar refractivity (Wildman–Crippen MR) is 63.9 cm³/mol. The first-order chi connectivity index (χ1) is 8.33. The second kappa shape index (κ2) is 4.74. The monoisotopic (exact) mass is 237 g/mol. The lowest BCUT2D eigenvalue weighted by molar-refractivity contribution is -0.129. The minimum Gasteiger partial charge on any atom is -0.380 e. The molecule has 0 spiro atoms. The van der Waals surface area contributed by atoms with Gasteiger partial charge in [0, 0.05) is 6.61 Å². The van der Waals surface area contributed by atoms with Crippen LogP contribution in [0.3, 0.4) is 0 Å². The van der Waals surface area contributed by atoms with Gasteiger partial charge < -0.3 is 15.4 Å². The smallest absolute Gasteiger partial charge is 0.232 e. The molecule has 1 amide bonds. The van der Waals surface area contributed by atoms with Crippen molar-refractivity contribution in [1.29, 1.82) is 0 Å². The number of fused-ring (bicyclic) bond motifs is 1. The maximum absolute atomic E-state index is 11.8. The molecule has 2 unspecified atom stereocenters. The minimum absolute atomic E-state index is 0.0732. The van der Waals surface area contributed by atoms with E-state index in [1.807, 2.05) is 0 Å². The van der Waals surface area contributed by atoms with Gasteiger partial charge in [-0.05, 0) is 31.7 Å². The van der Waals surface area contributed by atoms with Crippen molar-refractivity contribution in [2.45, 2.75) is 25.3 Å². The Kier molecular flexibility index (Phi) is 3.11. The Balaban J connectivity index is 1.56. The molecule has 3 rings (SSSR count). The summed E-state index contributed by atoms with van der Waals surface area (Å²) in [5.41, 5.74) is 0. The lowest BCUT2D eigenvalue weighted by Crippen LogP contribution is -2.52. The molecule has 5 nitrogen and oxygen atoms in total. The molecule has 2 atom stereocenters. The Hall–Kier alpha value is -0.940. The van der Waals surface area contributed by atoms with E-state index in [0.717, 1.165) is 31.3 Å². The molecular formula is C12H19N3O2. The van der Waals surface area contributed by atoms with Gasteiger partial charge in [0.05, 0.1) is 25.1 Å². The average molecular weight is 237 g/mol. The quantitative estimate of drug-likeness (QED) is 0.719. The highest BCUT2D eigenvalue weighted by Gasteiger charge is 2.35. The zero-order chi connectivity index (χ0) is 11.7. The summed E-state index contributed by atoms with van der Waals surface area (Å²) in [6.45, 7) is 2.97. The summed E-state index contributed by atoms with van der Waals surface area (Å²) in [4.78, 5) is 16.5. The van der Waals surface area contributed by atoms with E-state index in [1.54, 1.807) is 0 Å². The second-order valence-corrected chi connectivity index (χ2v) is 5.18. The average Bonchev–Trinajstić information content (AvgIpc) is 3.13. The van der Waals surface area contributed by atoms with Crippen LogP contribution in [0.4, 0.5) is 0 Å². The Morgan fingerprint density at radius 1 is 1.41 bits per heavy atom. The van der Waals surface area contributed by atoms with Gasteiger partial charge in [0.1, 0.15) is 5.84 Å². The fraction of sp³-hybridized carbons (Fsp3) is 0.833. The number of amidine groups is 1. The number of carbonyl (C=O) groups is 1. The van der Waals surface area contributed by atoms with Crippen LogP contribution in [-0.4, -0.2) is 44.1 Å². The molecule has 2 fully saturated rings. The van der Waals surface area contributed by atoms with E-state index in [2.05, 4.69) is 15.6 Å². The molecule has 1 saturated heterocycles. The first-order valence-electron chi connectivity index (χ1n) is 6.49. The van der Waals surface area contributed by atoms with E-state index in [0.29, 0.717) is 13.2 Å². The van der Waals surface area contributed by atoms with Crippen LogP contribution in [0.2, 0.25) is 0 Å². The number of rotatable bonds is 4. The number of hydrogen-bond acceptors (Lipinski definition) is 4. The van der Waals surface area contributed by atoms with E-state index in [9.17, 15) is 4.79 Å². The van der Waals surface area contributed by atoms with Gasteiger partial charge in [-0.25, -0.2) is 0 Å². The number of ether oxygens (including phenoxy) is 1. The number of hydrogen-bond donors (Lipinski definition) is 2. The summed E-state index contributed by atoms with van der Waals surface area (Å²) in [6.07, 6.45) is 3.55. The van der Waals surface area contributed by atoms with Crippen LogP contribution in [0.25, 0.3) is 0 Å². The van der Waals surface area contributed by atoms with Crippen LogP contribution < -0.4 is 10.6 Å². The molecule has 0 aromatic carbocycles. The molecule has 17 heavy (non-hydrogen) atoms. The summed E-state index contributed by atoms with van der Waals surface area (Å²) in [5, 5.41) is 6.23. The molecule has 3 aliphatic rings. The molecule has 2 N–H and O–H groups in total. The molecule has 2 aliphatic heterocycles. The highest BCUT2D eigenvalue weighted by atomic mass is 16.5. The maximum Gasteiger partial charge on any atom is 0.232 e. The summed E-state index contributed by atoms with van der Waals surface area (Å²) >= 11 is 0. The van der Waals surface area contributed by atoms with Crippen LogP contribution in [0.1, 0.15) is 19.3 Å². The van der Waals surface area contributed by atoms with Gasteiger partial charge in [-0.2, -0.15) is 0 Å². The van der Waals surface area contributed by atoms with Crippen molar-refractivity contribution in [3.05, 3.63) is 0 Å². The fourth-order valence-corrected chi connectivity index (χ4v) is 2.41. The highest BCUT2D eigenvalue weighted by molar-refractivity contribution is 6.02. The summed E-state index contributed by atoms with van der Waals surface area (Å²) in [6, 6.07) is 0.134. The molecular weight excluding hydrogens is 218 g/mol. The van der Waals surface area contributed by atoms with E-state index in [-0.39, 0.29) is 17.9 Å². The van der Waals surface area contributed by atoms with E-state index >= 15 is 0 Å². The molecule has 0 aromatic rings. The van der Waals surface area contributed by atoms with Gasteiger partial charge in [-0.15, -0.1) is 0 Å². The summed E-state index contributed by atoms with van der Waals surface area (Å²) < 4.78 is 5.32. The van der Waals surface area contributed by atoms with Crippen LogP contribution in [0.15, 0.2) is 4.99 Å². The standard InChI is InChI=1S/C12H19N3O2/c16-12-9-7-17-4-3-10(9)14-11(15-12)6-13-5-8-1-2-8/h8-10,13H,1-7H2,(H,14,15,16). The summed E-state index contributed by atoms with van der Waals surface area (Å²) in [7, 11) is 0. The van der Waals surface area contributed by atoms with E-state index in [4.69, 9.17) is 4.74 Å². The van der Waals surface area contributed by atoms with Crippen molar-refractivity contribution in [3.63, 3.8) is 0 Å². The van der Waals surface area contributed by atoms with Gasteiger partial charge in [0.25, 0.3) is 0 Å². The normalized spacial score (nSPS) is 32.7. The number of nitrogens with one attached hydrogen (secondary N) is 2. The molecule has 0 aromatic heterocycles. The van der Waals surface area contributed by atoms with Crippen LogP contribution in [0.5, 0.6) is 0 Å².